The third-order valence-electron chi connectivity index (χ3n) is 6.30. The van der Waals surface area contributed by atoms with E-state index < -0.39 is 0 Å². The van der Waals surface area contributed by atoms with Crippen molar-refractivity contribution in [3.05, 3.63) is 35.9 Å². The summed E-state index contributed by atoms with van der Waals surface area (Å²) in [5, 5.41) is 0. The van der Waals surface area contributed by atoms with Gasteiger partial charge in [-0.15, -0.1) is 0 Å². The van der Waals surface area contributed by atoms with Crippen molar-refractivity contribution in [3.8, 4) is 0 Å². The Morgan fingerprint density at radius 2 is 1.84 bits per heavy atom. The van der Waals surface area contributed by atoms with E-state index in [-0.39, 0.29) is 5.92 Å². The van der Waals surface area contributed by atoms with Gasteiger partial charge in [-0.25, -0.2) is 0 Å². The Labute approximate surface area is 150 Å². The minimum Gasteiger partial charge on any atom is -0.381 e. The summed E-state index contributed by atoms with van der Waals surface area (Å²) in [5.41, 5.74) is 1.66. The second-order valence-corrected chi connectivity index (χ2v) is 8.04. The fraction of sp³-hybridized carbons (Fsp3) is 0.667. The van der Waals surface area contributed by atoms with Crippen molar-refractivity contribution >= 4 is 5.91 Å². The van der Waals surface area contributed by atoms with Crippen LogP contribution in [0, 0.1) is 11.3 Å². The number of hydrogen-bond acceptors (Lipinski definition) is 3. The molecule has 0 unspecified atom stereocenters. The molecule has 3 aliphatic rings. The Bertz CT molecular complexity index is 574. The first kappa shape index (κ1) is 17.0. The fourth-order valence-electron chi connectivity index (χ4n) is 4.66. The average molecular weight is 343 g/mol. The molecule has 1 atom stereocenters. The van der Waals surface area contributed by atoms with Crippen molar-refractivity contribution in [2.24, 2.45) is 11.3 Å². The minimum absolute atomic E-state index is 0.188. The van der Waals surface area contributed by atoms with Gasteiger partial charge < -0.3 is 14.4 Å². The van der Waals surface area contributed by atoms with Crippen LogP contribution in [0.15, 0.2) is 30.3 Å². The van der Waals surface area contributed by atoms with E-state index in [1.807, 2.05) is 0 Å². The van der Waals surface area contributed by atoms with Crippen LogP contribution in [-0.4, -0.2) is 49.8 Å². The third kappa shape index (κ3) is 3.90. The number of likely N-dealkylation sites (tertiary alicyclic amines) is 1. The molecule has 3 saturated heterocycles. The number of carbonyl (C=O) groups is 1. The number of benzene rings is 1. The zero-order chi connectivity index (χ0) is 17.1. The molecular weight excluding hydrogens is 314 g/mol. The molecule has 3 heterocycles. The van der Waals surface area contributed by atoms with E-state index in [9.17, 15) is 4.79 Å². The molecule has 4 heteroatoms. The van der Waals surface area contributed by atoms with E-state index in [4.69, 9.17) is 9.47 Å². The predicted octanol–water partition coefficient (Wildman–Crippen LogP) is 3.05. The molecule has 1 amide bonds. The maximum atomic E-state index is 12.7. The summed E-state index contributed by atoms with van der Waals surface area (Å²) < 4.78 is 11.5. The zero-order valence-electron chi connectivity index (χ0n) is 15.0. The van der Waals surface area contributed by atoms with E-state index in [0.717, 1.165) is 71.4 Å². The number of ether oxygens (including phenoxy) is 2. The Morgan fingerprint density at radius 1 is 1.12 bits per heavy atom. The largest absolute Gasteiger partial charge is 0.381 e. The van der Waals surface area contributed by atoms with Gasteiger partial charge in [-0.05, 0) is 49.5 Å². The molecule has 136 valence electrons. The van der Waals surface area contributed by atoms with Gasteiger partial charge in [0.05, 0.1) is 12.7 Å². The van der Waals surface area contributed by atoms with Crippen LogP contribution in [-0.2, 0) is 20.7 Å². The fourth-order valence-corrected chi connectivity index (χ4v) is 4.66. The van der Waals surface area contributed by atoms with Crippen molar-refractivity contribution < 1.29 is 14.3 Å². The molecule has 3 aliphatic heterocycles. The Kier molecular flexibility index (Phi) is 5.09. The lowest BCUT2D eigenvalue weighted by atomic mass is 9.76. The number of carbonyl (C=O) groups excluding carboxylic acids is 1. The van der Waals surface area contributed by atoms with Crippen LogP contribution in [0.2, 0.25) is 0 Å². The number of piperidine rings is 1. The lowest BCUT2D eigenvalue weighted by Gasteiger charge is -2.40. The van der Waals surface area contributed by atoms with Gasteiger partial charge in [0.1, 0.15) is 0 Å². The Morgan fingerprint density at radius 3 is 2.56 bits per heavy atom. The molecule has 1 spiro atoms. The van der Waals surface area contributed by atoms with Gasteiger partial charge in [0.2, 0.25) is 5.91 Å². The number of hydrogen-bond donors (Lipinski definition) is 0. The first-order valence-corrected chi connectivity index (χ1v) is 9.76. The zero-order valence-corrected chi connectivity index (χ0v) is 15.0. The van der Waals surface area contributed by atoms with Crippen LogP contribution in [0.3, 0.4) is 0 Å². The summed E-state index contributed by atoms with van der Waals surface area (Å²) in [4.78, 5) is 14.8. The van der Waals surface area contributed by atoms with E-state index in [1.54, 1.807) is 0 Å². The molecule has 0 bridgehead atoms. The van der Waals surface area contributed by atoms with Crippen molar-refractivity contribution in [2.45, 2.75) is 44.6 Å². The van der Waals surface area contributed by atoms with Gasteiger partial charge >= 0.3 is 0 Å². The quantitative estimate of drug-likeness (QED) is 0.847. The molecule has 4 rings (SSSR count). The number of rotatable bonds is 3. The standard InChI is InChI=1S/C21H29NO3/c23-20(18-6-12-24-13-7-18)22-10-8-21(9-11-22)15-19(25-16-21)14-17-4-2-1-3-5-17/h1-5,18-19H,6-16H2/t19-/m0/s1. The second-order valence-electron chi connectivity index (χ2n) is 8.04. The minimum atomic E-state index is 0.188. The van der Waals surface area contributed by atoms with Crippen molar-refractivity contribution in [2.75, 3.05) is 32.9 Å². The molecule has 0 radical (unpaired) electrons. The highest BCUT2D eigenvalue weighted by Crippen LogP contribution is 2.43. The summed E-state index contributed by atoms with van der Waals surface area (Å²) in [6, 6.07) is 10.6. The molecule has 0 aliphatic carbocycles. The summed E-state index contributed by atoms with van der Waals surface area (Å²) in [7, 11) is 0. The SMILES string of the molecule is O=C(C1CCOCC1)N1CCC2(CC1)CO[C@@H](Cc1ccccc1)C2. The molecule has 4 nitrogen and oxygen atoms in total. The highest BCUT2D eigenvalue weighted by molar-refractivity contribution is 5.79. The molecular formula is C21H29NO3. The van der Waals surface area contributed by atoms with Gasteiger partial charge in [-0.1, -0.05) is 30.3 Å². The molecule has 1 aromatic carbocycles. The second kappa shape index (κ2) is 7.46. The van der Waals surface area contributed by atoms with Crippen molar-refractivity contribution in [1.82, 2.24) is 4.90 Å². The smallest absolute Gasteiger partial charge is 0.225 e. The highest BCUT2D eigenvalue weighted by Gasteiger charge is 2.43. The molecule has 0 saturated carbocycles. The van der Waals surface area contributed by atoms with Crippen molar-refractivity contribution in [3.63, 3.8) is 0 Å². The van der Waals surface area contributed by atoms with Crippen LogP contribution in [0.25, 0.3) is 0 Å². The first-order valence-electron chi connectivity index (χ1n) is 9.76. The summed E-state index contributed by atoms with van der Waals surface area (Å²) in [5.74, 6) is 0.548. The molecule has 0 N–H and O–H groups in total. The maximum absolute atomic E-state index is 12.7. The number of amides is 1. The lowest BCUT2D eigenvalue weighted by Crippen LogP contribution is -2.46. The van der Waals surface area contributed by atoms with Gasteiger partial charge in [0.25, 0.3) is 0 Å². The molecule has 3 fully saturated rings. The summed E-state index contributed by atoms with van der Waals surface area (Å²) >= 11 is 0. The molecule has 0 aromatic heterocycles. The average Bonchev–Trinajstić information content (AvgIpc) is 3.05. The van der Waals surface area contributed by atoms with Gasteiger partial charge in [0.15, 0.2) is 0 Å². The first-order chi connectivity index (χ1) is 12.2. The van der Waals surface area contributed by atoms with Gasteiger partial charge in [-0.3, -0.25) is 4.79 Å². The topological polar surface area (TPSA) is 38.8 Å². The van der Waals surface area contributed by atoms with Crippen LogP contribution in [0.1, 0.15) is 37.7 Å². The van der Waals surface area contributed by atoms with Crippen LogP contribution < -0.4 is 0 Å². The molecule has 25 heavy (non-hydrogen) atoms. The Hall–Kier alpha value is -1.39. The highest BCUT2D eigenvalue weighted by atomic mass is 16.5. The number of nitrogens with zero attached hydrogens (tertiary/aromatic N) is 1. The van der Waals surface area contributed by atoms with E-state index in [2.05, 4.69) is 35.2 Å². The van der Waals surface area contributed by atoms with Gasteiger partial charge in [-0.2, -0.15) is 0 Å². The summed E-state index contributed by atoms with van der Waals surface area (Å²) in [6.45, 7) is 4.14. The monoisotopic (exact) mass is 343 g/mol. The Balaban J connectivity index is 1.29. The van der Waals surface area contributed by atoms with Crippen LogP contribution >= 0.6 is 0 Å². The normalized spacial score (nSPS) is 26.9. The lowest BCUT2D eigenvalue weighted by molar-refractivity contribution is -0.140. The third-order valence-corrected chi connectivity index (χ3v) is 6.30. The van der Waals surface area contributed by atoms with Crippen molar-refractivity contribution in [1.29, 1.82) is 0 Å². The predicted molar refractivity (Wildman–Crippen MR) is 96.3 cm³/mol. The van der Waals surface area contributed by atoms with Crippen LogP contribution in [0.5, 0.6) is 0 Å². The maximum Gasteiger partial charge on any atom is 0.225 e. The van der Waals surface area contributed by atoms with E-state index in [0.29, 0.717) is 17.4 Å². The summed E-state index contributed by atoms with van der Waals surface area (Å²) in [6.07, 6.45) is 6.45. The van der Waals surface area contributed by atoms with Gasteiger partial charge in [0, 0.05) is 32.2 Å². The van der Waals surface area contributed by atoms with Crippen LogP contribution in [0.4, 0.5) is 0 Å². The van der Waals surface area contributed by atoms with E-state index >= 15 is 0 Å². The molecule has 1 aromatic rings. The van der Waals surface area contributed by atoms with E-state index in [1.165, 1.54) is 5.56 Å².